The summed E-state index contributed by atoms with van der Waals surface area (Å²) in [6.45, 7) is 2.35. The predicted molar refractivity (Wildman–Crippen MR) is 52.7 cm³/mol. The molecule has 1 fully saturated rings. The Bertz CT molecular complexity index is 352. The van der Waals surface area contributed by atoms with Gasteiger partial charge in [-0.1, -0.05) is 0 Å². The van der Waals surface area contributed by atoms with Gasteiger partial charge in [0.25, 0.3) is 0 Å². The van der Waals surface area contributed by atoms with Crippen LogP contribution in [0.1, 0.15) is 12.1 Å². The summed E-state index contributed by atoms with van der Waals surface area (Å²) in [5.74, 6) is 0.360. The van der Waals surface area contributed by atoms with Gasteiger partial charge >= 0.3 is 0 Å². The third-order valence-electron chi connectivity index (χ3n) is 2.37. The van der Waals surface area contributed by atoms with Crippen LogP contribution in [0, 0.1) is 6.92 Å². The second kappa shape index (κ2) is 2.98. The Balaban J connectivity index is 2.36. The van der Waals surface area contributed by atoms with Gasteiger partial charge < -0.3 is 16.4 Å². The zero-order chi connectivity index (χ0) is 10.3. The molecule has 5 N–H and O–H groups in total. The standard InChI is InChI=1S/C8H13N5O/c1-4-7(8(10)12-11-4)13-3-5(9)2-6(13)14/h5H,2-3,9H2,1H3,(H3,10,11,12). The first kappa shape index (κ1) is 9.01. The van der Waals surface area contributed by atoms with Crippen molar-refractivity contribution < 1.29 is 4.79 Å². The lowest BCUT2D eigenvalue weighted by Gasteiger charge is -2.15. The van der Waals surface area contributed by atoms with Gasteiger partial charge in [0.05, 0.1) is 5.69 Å². The highest BCUT2D eigenvalue weighted by Crippen LogP contribution is 2.28. The maximum atomic E-state index is 11.5. The molecule has 0 radical (unpaired) electrons. The van der Waals surface area contributed by atoms with Crippen molar-refractivity contribution in [1.82, 2.24) is 10.2 Å². The zero-order valence-corrected chi connectivity index (χ0v) is 7.95. The number of aromatic amines is 1. The van der Waals surface area contributed by atoms with E-state index in [0.29, 0.717) is 24.5 Å². The molecule has 0 aromatic carbocycles. The number of rotatable bonds is 1. The van der Waals surface area contributed by atoms with E-state index < -0.39 is 0 Å². The van der Waals surface area contributed by atoms with E-state index in [9.17, 15) is 4.79 Å². The van der Waals surface area contributed by atoms with E-state index in [1.807, 2.05) is 6.92 Å². The maximum Gasteiger partial charge on any atom is 0.228 e. The van der Waals surface area contributed by atoms with Crippen molar-refractivity contribution in [2.24, 2.45) is 5.73 Å². The Morgan fingerprint density at radius 3 is 2.79 bits per heavy atom. The largest absolute Gasteiger partial charge is 0.380 e. The number of nitrogens with zero attached hydrogens (tertiary/aromatic N) is 2. The summed E-state index contributed by atoms with van der Waals surface area (Å²) < 4.78 is 0. The fraction of sp³-hybridized carbons (Fsp3) is 0.500. The highest BCUT2D eigenvalue weighted by atomic mass is 16.2. The molecule has 76 valence electrons. The molecule has 1 saturated heterocycles. The van der Waals surface area contributed by atoms with Crippen LogP contribution in [0.3, 0.4) is 0 Å². The molecule has 0 spiro atoms. The van der Waals surface area contributed by atoms with E-state index in [1.54, 1.807) is 4.90 Å². The first-order chi connectivity index (χ1) is 6.59. The van der Waals surface area contributed by atoms with Gasteiger partial charge in [0.1, 0.15) is 5.69 Å². The fourth-order valence-corrected chi connectivity index (χ4v) is 1.73. The van der Waals surface area contributed by atoms with E-state index in [0.717, 1.165) is 5.69 Å². The van der Waals surface area contributed by atoms with Crippen molar-refractivity contribution in [3.8, 4) is 0 Å². The summed E-state index contributed by atoms with van der Waals surface area (Å²) >= 11 is 0. The number of nitrogens with two attached hydrogens (primary N) is 2. The van der Waals surface area contributed by atoms with E-state index in [-0.39, 0.29) is 11.9 Å². The van der Waals surface area contributed by atoms with E-state index in [1.165, 1.54) is 0 Å². The van der Waals surface area contributed by atoms with Crippen molar-refractivity contribution in [3.05, 3.63) is 5.69 Å². The van der Waals surface area contributed by atoms with Crippen molar-refractivity contribution >= 4 is 17.4 Å². The molecular weight excluding hydrogens is 182 g/mol. The molecule has 1 unspecified atom stereocenters. The van der Waals surface area contributed by atoms with Crippen LogP contribution < -0.4 is 16.4 Å². The first-order valence-electron chi connectivity index (χ1n) is 4.46. The second-order valence-corrected chi connectivity index (χ2v) is 3.55. The SMILES string of the molecule is Cc1[nH]nc(N)c1N1CC(N)CC1=O. The summed E-state index contributed by atoms with van der Waals surface area (Å²) in [5.41, 5.74) is 12.8. The molecular formula is C8H13N5O. The number of aryl methyl sites for hydroxylation is 1. The molecule has 1 aromatic rings. The highest BCUT2D eigenvalue weighted by Gasteiger charge is 2.31. The van der Waals surface area contributed by atoms with Crippen molar-refractivity contribution in [2.75, 3.05) is 17.2 Å². The van der Waals surface area contributed by atoms with Crippen LogP contribution in [0.25, 0.3) is 0 Å². The molecule has 0 saturated carbocycles. The lowest BCUT2D eigenvalue weighted by molar-refractivity contribution is -0.117. The van der Waals surface area contributed by atoms with Crippen LogP contribution in [-0.4, -0.2) is 28.7 Å². The third-order valence-corrected chi connectivity index (χ3v) is 2.37. The number of hydrogen-bond acceptors (Lipinski definition) is 4. The number of anilines is 2. The summed E-state index contributed by atoms with van der Waals surface area (Å²) in [5, 5.41) is 6.58. The van der Waals surface area contributed by atoms with E-state index in [2.05, 4.69) is 10.2 Å². The van der Waals surface area contributed by atoms with Gasteiger partial charge in [-0.2, -0.15) is 5.10 Å². The summed E-state index contributed by atoms with van der Waals surface area (Å²) in [4.78, 5) is 13.1. The smallest absolute Gasteiger partial charge is 0.228 e. The molecule has 1 aliphatic rings. The van der Waals surface area contributed by atoms with Gasteiger partial charge in [0.2, 0.25) is 5.91 Å². The van der Waals surface area contributed by atoms with Crippen molar-refractivity contribution in [3.63, 3.8) is 0 Å². The first-order valence-corrected chi connectivity index (χ1v) is 4.46. The average Bonchev–Trinajstić information content (AvgIpc) is 2.57. The van der Waals surface area contributed by atoms with Gasteiger partial charge in [-0.3, -0.25) is 9.89 Å². The predicted octanol–water partition coefficient (Wildman–Crippen LogP) is -0.636. The zero-order valence-electron chi connectivity index (χ0n) is 7.95. The van der Waals surface area contributed by atoms with Gasteiger partial charge in [-0.25, -0.2) is 0 Å². The van der Waals surface area contributed by atoms with Crippen LogP contribution in [0.15, 0.2) is 0 Å². The Labute approximate surface area is 81.2 Å². The van der Waals surface area contributed by atoms with E-state index >= 15 is 0 Å². The summed E-state index contributed by atoms with van der Waals surface area (Å²) in [6.07, 6.45) is 0.379. The maximum absolute atomic E-state index is 11.5. The fourth-order valence-electron chi connectivity index (χ4n) is 1.73. The molecule has 1 aliphatic heterocycles. The molecule has 1 amide bonds. The van der Waals surface area contributed by atoms with Gasteiger partial charge in [0, 0.05) is 19.0 Å². The quantitative estimate of drug-likeness (QED) is 0.555. The minimum Gasteiger partial charge on any atom is -0.380 e. The third kappa shape index (κ3) is 1.24. The molecule has 2 rings (SSSR count). The van der Waals surface area contributed by atoms with Crippen LogP contribution >= 0.6 is 0 Å². The van der Waals surface area contributed by atoms with Crippen molar-refractivity contribution in [1.29, 1.82) is 0 Å². The number of aromatic nitrogens is 2. The van der Waals surface area contributed by atoms with Crippen LogP contribution in [-0.2, 0) is 4.79 Å². The Morgan fingerprint density at radius 2 is 2.36 bits per heavy atom. The number of amides is 1. The lowest BCUT2D eigenvalue weighted by atomic mass is 10.3. The van der Waals surface area contributed by atoms with Crippen LogP contribution in [0.5, 0.6) is 0 Å². The van der Waals surface area contributed by atoms with Crippen LogP contribution in [0.2, 0.25) is 0 Å². The normalized spacial score (nSPS) is 22.0. The Morgan fingerprint density at radius 1 is 1.64 bits per heavy atom. The molecule has 1 atom stereocenters. The second-order valence-electron chi connectivity index (χ2n) is 3.55. The van der Waals surface area contributed by atoms with Gasteiger partial charge in [-0.05, 0) is 6.92 Å². The van der Waals surface area contributed by atoms with Crippen molar-refractivity contribution in [2.45, 2.75) is 19.4 Å². The summed E-state index contributed by atoms with van der Waals surface area (Å²) in [6, 6.07) is -0.101. The molecule has 1 aromatic heterocycles. The minimum atomic E-state index is -0.101. The molecule has 6 heteroatoms. The number of H-pyrrole nitrogens is 1. The average molecular weight is 195 g/mol. The molecule has 6 nitrogen and oxygen atoms in total. The Kier molecular flexibility index (Phi) is 1.92. The number of hydrogen-bond donors (Lipinski definition) is 3. The van der Waals surface area contributed by atoms with Gasteiger partial charge in [0.15, 0.2) is 5.82 Å². The number of carbonyl (C=O) groups is 1. The summed E-state index contributed by atoms with van der Waals surface area (Å²) in [7, 11) is 0. The lowest BCUT2D eigenvalue weighted by Crippen LogP contribution is -2.28. The topological polar surface area (TPSA) is 101 Å². The molecule has 14 heavy (non-hydrogen) atoms. The Hall–Kier alpha value is -1.56. The minimum absolute atomic E-state index is 0.00806. The molecule has 0 aliphatic carbocycles. The number of nitrogen functional groups attached to an aromatic ring is 1. The number of carbonyl (C=O) groups excluding carboxylic acids is 1. The molecule has 2 heterocycles. The molecule has 0 bridgehead atoms. The number of nitrogens with one attached hydrogen (secondary N) is 1. The van der Waals surface area contributed by atoms with Gasteiger partial charge in [-0.15, -0.1) is 0 Å². The highest BCUT2D eigenvalue weighted by molar-refractivity contribution is 5.99. The van der Waals surface area contributed by atoms with Crippen LogP contribution in [0.4, 0.5) is 11.5 Å². The monoisotopic (exact) mass is 195 g/mol. The van der Waals surface area contributed by atoms with E-state index in [4.69, 9.17) is 11.5 Å².